The third kappa shape index (κ3) is 1.93. The van der Waals surface area contributed by atoms with Crippen molar-refractivity contribution >= 4 is 22.4 Å². The number of ketones is 1. The standard InChI is InChI=1S/C15H14N4O/c1-2-19-14(7-8-17-19)15(20)13-9-11(16)10-5-3-4-6-12(10)18-13/h3-9H,2H2,1H3,(H2,16,18). The van der Waals surface area contributed by atoms with Gasteiger partial charge in [-0.15, -0.1) is 0 Å². The average molecular weight is 266 g/mol. The van der Waals surface area contributed by atoms with Gasteiger partial charge in [-0.3, -0.25) is 9.48 Å². The van der Waals surface area contributed by atoms with E-state index in [1.165, 1.54) is 0 Å². The SMILES string of the molecule is CCn1nccc1C(=O)c1cc(N)c2ccccc2n1. The lowest BCUT2D eigenvalue weighted by atomic mass is 10.1. The van der Waals surface area contributed by atoms with E-state index in [0.717, 1.165) is 10.9 Å². The molecule has 0 unspecified atom stereocenters. The Balaban J connectivity index is 2.13. The summed E-state index contributed by atoms with van der Waals surface area (Å²) in [5.41, 5.74) is 8.15. The van der Waals surface area contributed by atoms with Crippen LogP contribution in [0.1, 0.15) is 23.1 Å². The van der Waals surface area contributed by atoms with E-state index in [0.29, 0.717) is 23.6 Å². The summed E-state index contributed by atoms with van der Waals surface area (Å²) < 4.78 is 1.65. The van der Waals surface area contributed by atoms with Gasteiger partial charge in [0, 0.05) is 23.8 Å². The lowest BCUT2D eigenvalue weighted by molar-refractivity contribution is 0.102. The summed E-state index contributed by atoms with van der Waals surface area (Å²) in [6, 6.07) is 10.8. The predicted octanol–water partition coefficient (Wildman–Crippen LogP) is 2.26. The first-order valence-electron chi connectivity index (χ1n) is 6.42. The summed E-state index contributed by atoms with van der Waals surface area (Å²) in [6.07, 6.45) is 1.61. The van der Waals surface area contributed by atoms with Crippen molar-refractivity contribution in [1.82, 2.24) is 14.8 Å². The quantitative estimate of drug-likeness (QED) is 0.738. The molecule has 0 spiro atoms. The Bertz CT molecular complexity index is 791. The summed E-state index contributed by atoms with van der Waals surface area (Å²) in [5.74, 6) is -0.165. The maximum atomic E-state index is 12.5. The molecule has 1 aromatic carbocycles. The van der Waals surface area contributed by atoms with Crippen molar-refractivity contribution in [3.63, 3.8) is 0 Å². The van der Waals surface area contributed by atoms with Crippen molar-refractivity contribution in [2.24, 2.45) is 0 Å². The third-order valence-electron chi connectivity index (χ3n) is 3.23. The number of nitrogens with two attached hydrogens (primary N) is 1. The molecule has 0 aliphatic heterocycles. The molecular formula is C15H14N4O. The number of aromatic nitrogens is 3. The predicted molar refractivity (Wildman–Crippen MR) is 77.5 cm³/mol. The fourth-order valence-electron chi connectivity index (χ4n) is 2.23. The molecule has 0 radical (unpaired) electrons. The second-order valence-corrected chi connectivity index (χ2v) is 4.48. The Morgan fingerprint density at radius 2 is 2.10 bits per heavy atom. The van der Waals surface area contributed by atoms with Gasteiger partial charge in [-0.05, 0) is 25.1 Å². The van der Waals surface area contributed by atoms with Crippen LogP contribution in [-0.4, -0.2) is 20.5 Å². The molecule has 0 atom stereocenters. The minimum Gasteiger partial charge on any atom is -0.398 e. The first kappa shape index (κ1) is 12.3. The number of rotatable bonds is 3. The molecule has 20 heavy (non-hydrogen) atoms. The van der Waals surface area contributed by atoms with Crippen LogP contribution in [0.3, 0.4) is 0 Å². The molecule has 2 heterocycles. The van der Waals surface area contributed by atoms with Crippen LogP contribution in [0.25, 0.3) is 10.9 Å². The van der Waals surface area contributed by atoms with Crippen LogP contribution in [0.15, 0.2) is 42.6 Å². The minimum absolute atomic E-state index is 0.165. The van der Waals surface area contributed by atoms with E-state index in [1.54, 1.807) is 23.0 Å². The first-order valence-corrected chi connectivity index (χ1v) is 6.42. The van der Waals surface area contributed by atoms with Crippen molar-refractivity contribution < 1.29 is 4.79 Å². The van der Waals surface area contributed by atoms with Gasteiger partial charge in [0.25, 0.3) is 0 Å². The van der Waals surface area contributed by atoms with Crippen molar-refractivity contribution in [3.8, 4) is 0 Å². The largest absolute Gasteiger partial charge is 0.398 e. The van der Waals surface area contributed by atoms with Crippen molar-refractivity contribution in [1.29, 1.82) is 0 Å². The number of carbonyl (C=O) groups is 1. The van der Waals surface area contributed by atoms with E-state index in [1.807, 2.05) is 31.2 Å². The van der Waals surface area contributed by atoms with E-state index >= 15 is 0 Å². The zero-order valence-electron chi connectivity index (χ0n) is 11.1. The highest BCUT2D eigenvalue weighted by Crippen LogP contribution is 2.21. The van der Waals surface area contributed by atoms with Crippen LogP contribution < -0.4 is 5.73 Å². The number of para-hydroxylation sites is 1. The summed E-state index contributed by atoms with van der Waals surface area (Å²) in [7, 11) is 0. The molecular weight excluding hydrogens is 252 g/mol. The highest BCUT2D eigenvalue weighted by Gasteiger charge is 2.16. The second-order valence-electron chi connectivity index (χ2n) is 4.48. The lowest BCUT2D eigenvalue weighted by Gasteiger charge is -2.06. The summed E-state index contributed by atoms with van der Waals surface area (Å²) in [5, 5.41) is 4.96. The van der Waals surface area contributed by atoms with E-state index in [-0.39, 0.29) is 5.78 Å². The molecule has 5 heteroatoms. The Morgan fingerprint density at radius 3 is 2.90 bits per heavy atom. The third-order valence-corrected chi connectivity index (χ3v) is 3.23. The number of pyridine rings is 1. The highest BCUT2D eigenvalue weighted by molar-refractivity contribution is 6.09. The Hall–Kier alpha value is -2.69. The van der Waals surface area contributed by atoms with Crippen molar-refractivity contribution in [2.45, 2.75) is 13.5 Å². The molecule has 0 fully saturated rings. The molecule has 0 saturated heterocycles. The number of hydrogen-bond donors (Lipinski definition) is 1. The lowest BCUT2D eigenvalue weighted by Crippen LogP contribution is -2.12. The van der Waals surface area contributed by atoms with E-state index in [4.69, 9.17) is 5.73 Å². The fourth-order valence-corrected chi connectivity index (χ4v) is 2.23. The minimum atomic E-state index is -0.165. The molecule has 0 amide bonds. The van der Waals surface area contributed by atoms with Gasteiger partial charge in [0.2, 0.25) is 5.78 Å². The number of fused-ring (bicyclic) bond motifs is 1. The van der Waals surface area contributed by atoms with Gasteiger partial charge in [-0.1, -0.05) is 18.2 Å². The number of aryl methyl sites for hydroxylation is 1. The topological polar surface area (TPSA) is 73.8 Å². The molecule has 0 aliphatic carbocycles. The van der Waals surface area contributed by atoms with Gasteiger partial charge in [0.1, 0.15) is 11.4 Å². The monoisotopic (exact) mass is 266 g/mol. The van der Waals surface area contributed by atoms with E-state index in [9.17, 15) is 4.79 Å². The molecule has 0 bridgehead atoms. The second kappa shape index (κ2) is 4.77. The normalized spacial score (nSPS) is 10.8. The van der Waals surface area contributed by atoms with E-state index in [2.05, 4.69) is 10.1 Å². The number of nitrogen functional groups attached to an aromatic ring is 1. The average Bonchev–Trinajstić information content (AvgIpc) is 2.95. The number of anilines is 1. The van der Waals surface area contributed by atoms with Gasteiger partial charge in [-0.2, -0.15) is 5.10 Å². The maximum Gasteiger partial charge on any atom is 0.229 e. The fraction of sp³-hybridized carbons (Fsp3) is 0.133. The van der Waals surface area contributed by atoms with Gasteiger partial charge < -0.3 is 5.73 Å². The number of carbonyl (C=O) groups excluding carboxylic acids is 1. The summed E-state index contributed by atoms with van der Waals surface area (Å²) in [4.78, 5) is 16.9. The van der Waals surface area contributed by atoms with Gasteiger partial charge in [0.15, 0.2) is 0 Å². The van der Waals surface area contributed by atoms with Crippen LogP contribution >= 0.6 is 0 Å². The number of hydrogen-bond acceptors (Lipinski definition) is 4. The molecule has 0 aliphatic rings. The van der Waals surface area contributed by atoms with Gasteiger partial charge in [-0.25, -0.2) is 4.98 Å². The molecule has 2 aromatic heterocycles. The molecule has 2 N–H and O–H groups in total. The Kier molecular flexibility index (Phi) is 2.95. The summed E-state index contributed by atoms with van der Waals surface area (Å²) >= 11 is 0. The molecule has 3 aromatic rings. The van der Waals surface area contributed by atoms with Crippen LogP contribution in [0.2, 0.25) is 0 Å². The van der Waals surface area contributed by atoms with Crippen LogP contribution in [-0.2, 0) is 6.54 Å². The van der Waals surface area contributed by atoms with Gasteiger partial charge in [0.05, 0.1) is 5.52 Å². The Labute approximate surface area is 116 Å². The van der Waals surface area contributed by atoms with Crippen LogP contribution in [0, 0.1) is 0 Å². The maximum absolute atomic E-state index is 12.5. The van der Waals surface area contributed by atoms with Gasteiger partial charge >= 0.3 is 0 Å². The zero-order chi connectivity index (χ0) is 14.1. The van der Waals surface area contributed by atoms with E-state index < -0.39 is 0 Å². The number of benzene rings is 1. The first-order chi connectivity index (χ1) is 9.70. The highest BCUT2D eigenvalue weighted by atomic mass is 16.1. The zero-order valence-corrected chi connectivity index (χ0v) is 11.1. The van der Waals surface area contributed by atoms with Crippen LogP contribution in [0.4, 0.5) is 5.69 Å². The van der Waals surface area contributed by atoms with Crippen molar-refractivity contribution in [2.75, 3.05) is 5.73 Å². The molecule has 0 saturated carbocycles. The number of nitrogens with zero attached hydrogens (tertiary/aromatic N) is 3. The molecule has 3 rings (SSSR count). The molecule has 5 nitrogen and oxygen atoms in total. The molecule has 100 valence electrons. The Morgan fingerprint density at radius 1 is 1.30 bits per heavy atom. The smallest absolute Gasteiger partial charge is 0.229 e. The van der Waals surface area contributed by atoms with Crippen LogP contribution in [0.5, 0.6) is 0 Å². The summed E-state index contributed by atoms with van der Waals surface area (Å²) in [6.45, 7) is 2.57. The van der Waals surface area contributed by atoms with Crippen molar-refractivity contribution in [3.05, 3.63) is 54.0 Å².